The summed E-state index contributed by atoms with van der Waals surface area (Å²) >= 11 is 1.62. The maximum atomic E-state index is 13.8. The van der Waals surface area contributed by atoms with Gasteiger partial charge in [0, 0.05) is 23.0 Å². The lowest BCUT2D eigenvalue weighted by molar-refractivity contribution is -0.124. The fourth-order valence-electron chi connectivity index (χ4n) is 5.22. The van der Waals surface area contributed by atoms with Crippen molar-refractivity contribution in [3.05, 3.63) is 87.6 Å². The van der Waals surface area contributed by atoms with Gasteiger partial charge in [-0.1, -0.05) is 49.2 Å². The van der Waals surface area contributed by atoms with Crippen LogP contribution in [0.15, 0.2) is 66.0 Å². The number of benzene rings is 2. The predicted molar refractivity (Wildman–Crippen MR) is 130 cm³/mol. The molecule has 0 saturated heterocycles. The van der Waals surface area contributed by atoms with Crippen molar-refractivity contribution in [1.82, 2.24) is 10.2 Å². The van der Waals surface area contributed by atoms with Crippen molar-refractivity contribution in [1.29, 1.82) is 0 Å². The van der Waals surface area contributed by atoms with E-state index in [9.17, 15) is 9.59 Å². The van der Waals surface area contributed by atoms with Crippen LogP contribution in [0.2, 0.25) is 0 Å². The molecule has 1 N–H and O–H groups in total. The van der Waals surface area contributed by atoms with Crippen molar-refractivity contribution in [2.75, 3.05) is 7.11 Å². The molecule has 170 valence electrons. The molecule has 0 radical (unpaired) electrons. The average molecular weight is 461 g/mol. The van der Waals surface area contributed by atoms with E-state index in [0.717, 1.165) is 47.4 Å². The second kappa shape index (κ2) is 9.40. The van der Waals surface area contributed by atoms with Crippen molar-refractivity contribution in [2.45, 2.75) is 50.2 Å². The van der Waals surface area contributed by atoms with Crippen molar-refractivity contribution >= 4 is 23.2 Å². The summed E-state index contributed by atoms with van der Waals surface area (Å²) in [7, 11) is 1.64. The highest BCUT2D eigenvalue weighted by atomic mass is 32.1. The maximum absolute atomic E-state index is 13.8. The number of amides is 2. The number of nitrogens with zero attached hydrogens (tertiary/aromatic N) is 1. The molecule has 1 fully saturated rings. The van der Waals surface area contributed by atoms with Crippen molar-refractivity contribution in [3.63, 3.8) is 0 Å². The first-order chi connectivity index (χ1) is 16.2. The molecule has 1 saturated carbocycles. The van der Waals surface area contributed by atoms with Gasteiger partial charge in [0.1, 0.15) is 5.75 Å². The van der Waals surface area contributed by atoms with Crippen LogP contribution in [0.3, 0.4) is 0 Å². The molecule has 5 nitrogen and oxygen atoms in total. The zero-order valence-corrected chi connectivity index (χ0v) is 19.5. The van der Waals surface area contributed by atoms with Gasteiger partial charge in [0.15, 0.2) is 0 Å². The molecule has 1 aliphatic heterocycles. The van der Waals surface area contributed by atoms with Crippen LogP contribution >= 0.6 is 11.3 Å². The summed E-state index contributed by atoms with van der Waals surface area (Å²) in [6, 6.07) is 19.3. The number of ether oxygens (including phenoxy) is 1. The Morgan fingerprint density at radius 2 is 1.82 bits per heavy atom. The van der Waals surface area contributed by atoms with Crippen LogP contribution in [-0.2, 0) is 11.3 Å². The lowest BCUT2D eigenvalue weighted by atomic mass is 9.80. The molecule has 2 unspecified atom stereocenters. The van der Waals surface area contributed by atoms with E-state index in [1.165, 1.54) is 0 Å². The molecule has 2 aromatic carbocycles. The molecular weight excluding hydrogens is 432 g/mol. The van der Waals surface area contributed by atoms with Crippen LogP contribution in [0.5, 0.6) is 5.75 Å². The Morgan fingerprint density at radius 1 is 1.06 bits per heavy atom. The molecule has 1 aliphatic carbocycles. The number of rotatable bonds is 6. The number of carbonyl (C=O) groups excluding carboxylic acids is 2. The van der Waals surface area contributed by atoms with Crippen molar-refractivity contribution in [2.24, 2.45) is 0 Å². The van der Waals surface area contributed by atoms with E-state index in [1.807, 2.05) is 64.9 Å². The quantitative estimate of drug-likeness (QED) is 0.543. The fourth-order valence-corrected chi connectivity index (χ4v) is 6.08. The number of hydrogen-bond donors (Lipinski definition) is 1. The highest BCUT2D eigenvalue weighted by molar-refractivity contribution is 7.10. The SMILES string of the molecule is COc1ccc(CNC(=O)C2c3ccccc3C(=O)N(C3CCCC3)C2c2cccs2)cc1. The summed E-state index contributed by atoms with van der Waals surface area (Å²) < 4.78 is 5.23. The van der Waals surface area contributed by atoms with Gasteiger partial charge in [0.25, 0.3) is 5.91 Å². The molecule has 5 rings (SSSR count). The second-order valence-corrected chi connectivity index (χ2v) is 9.72. The van der Waals surface area contributed by atoms with Gasteiger partial charge in [0.05, 0.1) is 19.1 Å². The van der Waals surface area contributed by atoms with E-state index in [-0.39, 0.29) is 23.9 Å². The van der Waals surface area contributed by atoms with E-state index < -0.39 is 5.92 Å². The van der Waals surface area contributed by atoms with Crippen LogP contribution in [0.25, 0.3) is 0 Å². The van der Waals surface area contributed by atoms with Crippen LogP contribution < -0.4 is 10.1 Å². The molecule has 6 heteroatoms. The first-order valence-corrected chi connectivity index (χ1v) is 12.4. The minimum absolute atomic E-state index is 0.0489. The number of nitrogens with one attached hydrogen (secondary N) is 1. The standard InChI is InChI=1S/C27H28N2O3S/c1-32-20-14-12-18(13-15-20)17-28-26(30)24-21-9-4-5-10-22(21)27(31)29(19-7-2-3-8-19)25(24)23-11-6-16-33-23/h4-6,9-16,19,24-25H,2-3,7-8,17H2,1H3,(H,28,30). The number of hydrogen-bond acceptors (Lipinski definition) is 4. The fraction of sp³-hybridized carbons (Fsp3) is 0.333. The van der Waals surface area contributed by atoms with Gasteiger partial charge in [-0.25, -0.2) is 0 Å². The minimum atomic E-state index is -0.448. The van der Waals surface area contributed by atoms with Crippen LogP contribution in [0, 0.1) is 0 Å². The summed E-state index contributed by atoms with van der Waals surface area (Å²) in [6.45, 7) is 0.427. The van der Waals surface area contributed by atoms with Crippen LogP contribution in [0.1, 0.15) is 64.0 Å². The van der Waals surface area contributed by atoms with Crippen molar-refractivity contribution < 1.29 is 14.3 Å². The van der Waals surface area contributed by atoms with Gasteiger partial charge < -0.3 is 15.0 Å². The van der Waals surface area contributed by atoms with E-state index in [0.29, 0.717) is 12.1 Å². The molecule has 2 atom stereocenters. The summed E-state index contributed by atoms with van der Waals surface area (Å²) in [5.74, 6) is 0.341. The van der Waals surface area contributed by atoms with Gasteiger partial charge >= 0.3 is 0 Å². The number of fused-ring (bicyclic) bond motifs is 1. The Balaban J connectivity index is 1.51. The minimum Gasteiger partial charge on any atom is -0.497 e. The maximum Gasteiger partial charge on any atom is 0.254 e. The van der Waals surface area contributed by atoms with Gasteiger partial charge in [-0.05, 0) is 53.6 Å². The Hall–Kier alpha value is -3.12. The molecule has 1 aromatic heterocycles. The Bertz CT molecular complexity index is 1120. The third kappa shape index (κ3) is 4.15. The smallest absolute Gasteiger partial charge is 0.254 e. The summed E-state index contributed by atoms with van der Waals surface area (Å²) in [5, 5.41) is 5.18. The monoisotopic (exact) mass is 460 g/mol. The highest BCUT2D eigenvalue weighted by Gasteiger charge is 2.47. The molecule has 0 bridgehead atoms. The molecule has 2 aliphatic rings. The first-order valence-electron chi connectivity index (χ1n) is 11.5. The topological polar surface area (TPSA) is 58.6 Å². The normalized spacial score (nSPS) is 20.5. The Kier molecular flexibility index (Phi) is 6.18. The van der Waals surface area contributed by atoms with Crippen molar-refractivity contribution in [3.8, 4) is 5.75 Å². The summed E-state index contributed by atoms with van der Waals surface area (Å²) in [4.78, 5) is 30.6. The third-order valence-electron chi connectivity index (χ3n) is 6.84. The van der Waals surface area contributed by atoms with Crippen LogP contribution in [-0.4, -0.2) is 29.9 Å². The van der Waals surface area contributed by atoms with E-state index in [4.69, 9.17) is 4.74 Å². The number of carbonyl (C=O) groups is 2. The summed E-state index contributed by atoms with van der Waals surface area (Å²) in [6.07, 6.45) is 4.25. The second-order valence-electron chi connectivity index (χ2n) is 8.74. The Labute approximate surface area is 198 Å². The molecule has 0 spiro atoms. The molecule has 2 amide bonds. The van der Waals surface area contributed by atoms with Gasteiger partial charge in [-0.15, -0.1) is 11.3 Å². The lowest BCUT2D eigenvalue weighted by Crippen LogP contribution is -2.50. The van der Waals surface area contributed by atoms with Crippen LogP contribution in [0.4, 0.5) is 0 Å². The predicted octanol–water partition coefficient (Wildman–Crippen LogP) is 5.30. The number of methoxy groups -OCH3 is 1. The molecule has 2 heterocycles. The molecular formula is C27H28N2O3S. The lowest BCUT2D eigenvalue weighted by Gasteiger charge is -2.44. The summed E-state index contributed by atoms with van der Waals surface area (Å²) in [5.41, 5.74) is 2.48. The molecule has 33 heavy (non-hydrogen) atoms. The number of thiophene rings is 1. The Morgan fingerprint density at radius 3 is 2.52 bits per heavy atom. The zero-order chi connectivity index (χ0) is 22.8. The van der Waals surface area contributed by atoms with E-state index >= 15 is 0 Å². The zero-order valence-electron chi connectivity index (χ0n) is 18.7. The largest absolute Gasteiger partial charge is 0.497 e. The first kappa shape index (κ1) is 21.7. The third-order valence-corrected chi connectivity index (χ3v) is 7.78. The average Bonchev–Trinajstić information content (AvgIpc) is 3.57. The van der Waals surface area contributed by atoms with E-state index in [2.05, 4.69) is 11.4 Å². The van der Waals surface area contributed by atoms with Gasteiger partial charge in [-0.3, -0.25) is 9.59 Å². The highest BCUT2D eigenvalue weighted by Crippen LogP contribution is 2.47. The van der Waals surface area contributed by atoms with Gasteiger partial charge in [-0.2, -0.15) is 0 Å². The van der Waals surface area contributed by atoms with E-state index in [1.54, 1.807) is 18.4 Å². The molecule has 3 aromatic rings. The van der Waals surface area contributed by atoms with Gasteiger partial charge in [0.2, 0.25) is 5.91 Å².